The first-order valence-electron chi connectivity index (χ1n) is 10.1. The van der Waals surface area contributed by atoms with Crippen molar-refractivity contribution in [3.63, 3.8) is 0 Å². The van der Waals surface area contributed by atoms with Crippen LogP contribution in [0.2, 0.25) is 0 Å². The molecular formula is C26H30O3. The van der Waals surface area contributed by atoms with Gasteiger partial charge in [0.05, 0.1) is 12.7 Å². The fourth-order valence-electron chi connectivity index (χ4n) is 3.16. The van der Waals surface area contributed by atoms with E-state index in [1.165, 1.54) is 5.56 Å². The molecule has 1 atom stereocenters. The Balaban J connectivity index is 1.72. The second-order valence-corrected chi connectivity index (χ2v) is 7.98. The van der Waals surface area contributed by atoms with E-state index in [0.29, 0.717) is 6.61 Å². The average Bonchev–Trinajstić information content (AvgIpc) is 2.72. The van der Waals surface area contributed by atoms with E-state index >= 15 is 0 Å². The molecule has 152 valence electrons. The van der Waals surface area contributed by atoms with Gasteiger partial charge in [0.15, 0.2) is 6.29 Å². The van der Waals surface area contributed by atoms with E-state index in [1.54, 1.807) is 0 Å². The summed E-state index contributed by atoms with van der Waals surface area (Å²) >= 11 is 0. The molecule has 0 saturated carbocycles. The molecule has 0 aliphatic heterocycles. The average molecular weight is 391 g/mol. The molecule has 0 radical (unpaired) electrons. The Bertz CT molecular complexity index is 873. The minimum Gasteiger partial charge on any atom is -0.457 e. The van der Waals surface area contributed by atoms with E-state index in [0.717, 1.165) is 17.1 Å². The van der Waals surface area contributed by atoms with Crippen LogP contribution in [0.15, 0.2) is 84.9 Å². The highest BCUT2D eigenvalue weighted by molar-refractivity contribution is 5.33. The Labute approximate surface area is 174 Å². The van der Waals surface area contributed by atoms with Crippen molar-refractivity contribution < 1.29 is 14.2 Å². The highest BCUT2D eigenvalue weighted by atomic mass is 16.7. The molecule has 3 nitrogen and oxygen atoms in total. The maximum absolute atomic E-state index is 6.29. The lowest BCUT2D eigenvalue weighted by Crippen LogP contribution is -2.39. The lowest BCUT2D eigenvalue weighted by molar-refractivity contribution is -0.200. The number of ether oxygens (including phenoxy) is 3. The summed E-state index contributed by atoms with van der Waals surface area (Å²) in [4.78, 5) is 0. The fraction of sp³-hybridized carbons (Fsp3) is 0.308. The monoisotopic (exact) mass is 390 g/mol. The van der Waals surface area contributed by atoms with Crippen molar-refractivity contribution in [3.05, 3.63) is 96.1 Å². The van der Waals surface area contributed by atoms with E-state index in [1.807, 2.05) is 86.6 Å². The van der Waals surface area contributed by atoms with Gasteiger partial charge in [-0.15, -0.1) is 0 Å². The molecule has 0 aliphatic carbocycles. The molecule has 0 heterocycles. The zero-order chi connectivity index (χ0) is 20.7. The summed E-state index contributed by atoms with van der Waals surface area (Å²) in [6, 6.07) is 28.1. The zero-order valence-corrected chi connectivity index (χ0v) is 17.7. The van der Waals surface area contributed by atoms with Crippen LogP contribution >= 0.6 is 0 Å². The van der Waals surface area contributed by atoms with Crippen LogP contribution in [0.4, 0.5) is 0 Å². The Kier molecular flexibility index (Phi) is 7.08. The standard InChI is InChI=1S/C26H30O3/c1-20(2)28-25(26(3,4)22-13-7-5-8-14-22)27-19-21-12-11-17-24(18-21)29-23-15-9-6-10-16-23/h5-18,20,25H,19H2,1-4H3. The third-order valence-corrected chi connectivity index (χ3v) is 4.78. The number of para-hydroxylation sites is 1. The highest BCUT2D eigenvalue weighted by Gasteiger charge is 2.33. The Morgan fingerprint density at radius 2 is 1.38 bits per heavy atom. The van der Waals surface area contributed by atoms with Gasteiger partial charge in [-0.05, 0) is 49.2 Å². The van der Waals surface area contributed by atoms with Crippen LogP contribution in [0.5, 0.6) is 11.5 Å². The van der Waals surface area contributed by atoms with Crippen molar-refractivity contribution in [1.29, 1.82) is 0 Å². The summed E-state index contributed by atoms with van der Waals surface area (Å²) in [5.74, 6) is 1.61. The van der Waals surface area contributed by atoms with Crippen LogP contribution in [0.1, 0.15) is 38.8 Å². The lowest BCUT2D eigenvalue weighted by atomic mass is 9.83. The van der Waals surface area contributed by atoms with Crippen LogP contribution in [0.25, 0.3) is 0 Å². The molecule has 3 heteroatoms. The molecule has 0 N–H and O–H groups in total. The van der Waals surface area contributed by atoms with Crippen molar-refractivity contribution in [1.82, 2.24) is 0 Å². The second kappa shape index (κ2) is 9.73. The SMILES string of the molecule is CC(C)OC(OCc1cccc(Oc2ccccc2)c1)C(C)(C)c1ccccc1. The molecule has 3 aromatic carbocycles. The highest BCUT2D eigenvalue weighted by Crippen LogP contribution is 2.31. The first-order valence-corrected chi connectivity index (χ1v) is 10.1. The van der Waals surface area contributed by atoms with Gasteiger partial charge < -0.3 is 14.2 Å². The van der Waals surface area contributed by atoms with Crippen molar-refractivity contribution >= 4 is 0 Å². The van der Waals surface area contributed by atoms with Gasteiger partial charge in [0.2, 0.25) is 0 Å². The molecule has 29 heavy (non-hydrogen) atoms. The molecule has 3 aromatic rings. The summed E-state index contributed by atoms with van der Waals surface area (Å²) in [5.41, 5.74) is 1.94. The molecule has 0 spiro atoms. The predicted molar refractivity (Wildman–Crippen MR) is 117 cm³/mol. The van der Waals surface area contributed by atoms with Crippen LogP contribution in [0, 0.1) is 0 Å². The van der Waals surface area contributed by atoms with Crippen LogP contribution < -0.4 is 4.74 Å². The van der Waals surface area contributed by atoms with E-state index in [9.17, 15) is 0 Å². The summed E-state index contributed by atoms with van der Waals surface area (Å²) in [7, 11) is 0. The summed E-state index contributed by atoms with van der Waals surface area (Å²) in [5, 5.41) is 0. The summed E-state index contributed by atoms with van der Waals surface area (Å²) < 4.78 is 18.4. The third kappa shape index (κ3) is 5.93. The van der Waals surface area contributed by atoms with E-state index < -0.39 is 0 Å². The Morgan fingerprint density at radius 3 is 2.03 bits per heavy atom. The molecule has 0 aromatic heterocycles. The molecule has 3 rings (SSSR count). The van der Waals surface area contributed by atoms with Gasteiger partial charge in [-0.3, -0.25) is 0 Å². The van der Waals surface area contributed by atoms with Crippen molar-refractivity contribution in [2.24, 2.45) is 0 Å². The largest absolute Gasteiger partial charge is 0.457 e. The van der Waals surface area contributed by atoms with Crippen LogP contribution in [-0.4, -0.2) is 12.4 Å². The number of benzene rings is 3. The zero-order valence-electron chi connectivity index (χ0n) is 17.7. The van der Waals surface area contributed by atoms with Gasteiger partial charge in [0.25, 0.3) is 0 Å². The fourth-order valence-corrected chi connectivity index (χ4v) is 3.16. The minimum atomic E-state index is -0.372. The van der Waals surface area contributed by atoms with Gasteiger partial charge in [-0.2, -0.15) is 0 Å². The maximum Gasteiger partial charge on any atom is 0.167 e. The van der Waals surface area contributed by atoms with Crippen molar-refractivity contribution in [2.45, 2.75) is 52.1 Å². The van der Waals surface area contributed by atoms with Gasteiger partial charge in [-0.25, -0.2) is 0 Å². The molecule has 0 amide bonds. The van der Waals surface area contributed by atoms with Gasteiger partial charge in [0, 0.05) is 5.41 Å². The van der Waals surface area contributed by atoms with Crippen molar-refractivity contribution in [2.75, 3.05) is 0 Å². The predicted octanol–water partition coefficient (Wildman–Crippen LogP) is 6.72. The van der Waals surface area contributed by atoms with Crippen molar-refractivity contribution in [3.8, 4) is 11.5 Å². The van der Waals surface area contributed by atoms with Gasteiger partial charge in [0.1, 0.15) is 11.5 Å². The van der Waals surface area contributed by atoms with Gasteiger partial charge >= 0.3 is 0 Å². The smallest absolute Gasteiger partial charge is 0.167 e. The maximum atomic E-state index is 6.29. The first kappa shape index (κ1) is 21.1. The lowest BCUT2D eigenvalue weighted by Gasteiger charge is -2.35. The van der Waals surface area contributed by atoms with Crippen LogP contribution in [-0.2, 0) is 21.5 Å². The number of hydrogen-bond acceptors (Lipinski definition) is 3. The summed E-state index contributed by atoms with van der Waals surface area (Å²) in [6.45, 7) is 8.83. The normalized spacial score (nSPS) is 12.7. The van der Waals surface area contributed by atoms with E-state index in [-0.39, 0.29) is 17.8 Å². The molecule has 0 aliphatic rings. The first-order chi connectivity index (χ1) is 13.9. The molecular weight excluding hydrogens is 360 g/mol. The number of hydrogen-bond donors (Lipinski definition) is 0. The molecule has 0 bridgehead atoms. The second-order valence-electron chi connectivity index (χ2n) is 7.98. The Morgan fingerprint density at radius 1 is 0.759 bits per heavy atom. The van der Waals surface area contributed by atoms with Gasteiger partial charge in [-0.1, -0.05) is 74.5 Å². The summed E-state index contributed by atoms with van der Waals surface area (Å²) in [6.07, 6.45) is -0.306. The van der Waals surface area contributed by atoms with Crippen LogP contribution in [0.3, 0.4) is 0 Å². The third-order valence-electron chi connectivity index (χ3n) is 4.78. The molecule has 1 unspecified atom stereocenters. The minimum absolute atomic E-state index is 0.0655. The topological polar surface area (TPSA) is 27.7 Å². The van der Waals surface area contributed by atoms with E-state index in [2.05, 4.69) is 26.0 Å². The van der Waals surface area contributed by atoms with E-state index in [4.69, 9.17) is 14.2 Å². The quantitative estimate of drug-likeness (QED) is 0.379. The molecule has 0 fully saturated rings. The molecule has 0 saturated heterocycles. The Hall–Kier alpha value is -2.62. The number of rotatable bonds is 9.